The van der Waals surface area contributed by atoms with Gasteiger partial charge >= 0.3 is 0 Å². The predicted molar refractivity (Wildman–Crippen MR) is 91.0 cm³/mol. The molecule has 1 aromatic rings. The molecule has 0 aliphatic carbocycles. The second-order valence-electron chi connectivity index (χ2n) is 5.20. The average Bonchev–Trinajstić information content (AvgIpc) is 2.44. The summed E-state index contributed by atoms with van der Waals surface area (Å²) in [5.74, 6) is 1.15. The Balaban J connectivity index is 2.62. The van der Waals surface area contributed by atoms with Gasteiger partial charge in [0, 0.05) is 44.7 Å². The minimum Gasteiger partial charge on any atom is -0.383 e. The zero-order valence-corrected chi connectivity index (χ0v) is 14.2. The lowest BCUT2D eigenvalue weighted by Gasteiger charge is -2.27. The van der Waals surface area contributed by atoms with Gasteiger partial charge in [0.1, 0.15) is 0 Å². The number of aryl methyl sites for hydroxylation is 1. The molecule has 20 heavy (non-hydrogen) atoms. The van der Waals surface area contributed by atoms with Crippen molar-refractivity contribution in [1.82, 2.24) is 5.32 Å². The second kappa shape index (κ2) is 9.27. The summed E-state index contributed by atoms with van der Waals surface area (Å²) in [4.78, 5) is 2.35. The topological polar surface area (TPSA) is 24.5 Å². The van der Waals surface area contributed by atoms with Gasteiger partial charge in [-0.05, 0) is 43.4 Å². The highest BCUT2D eigenvalue weighted by molar-refractivity contribution is 7.98. The number of nitrogens with zero attached hydrogens (tertiary/aromatic N) is 1. The lowest BCUT2D eigenvalue weighted by atomic mass is 10.1. The van der Waals surface area contributed by atoms with Crippen LogP contribution in [0.3, 0.4) is 0 Å². The molecule has 3 nitrogen and oxygen atoms in total. The predicted octanol–water partition coefficient (Wildman–Crippen LogP) is 2.92. The summed E-state index contributed by atoms with van der Waals surface area (Å²) in [7, 11) is 3.90. The van der Waals surface area contributed by atoms with Gasteiger partial charge in [-0.1, -0.05) is 6.07 Å². The summed E-state index contributed by atoms with van der Waals surface area (Å²) in [6.45, 7) is 7.00. The molecule has 1 atom stereocenters. The Labute approximate surface area is 128 Å². The third-order valence-corrected chi connectivity index (χ3v) is 4.42. The third-order valence-electron chi connectivity index (χ3n) is 3.60. The normalized spacial score (nSPS) is 12.4. The molecule has 1 unspecified atom stereocenters. The van der Waals surface area contributed by atoms with Crippen LogP contribution in [0.25, 0.3) is 0 Å². The van der Waals surface area contributed by atoms with Gasteiger partial charge in [0.05, 0.1) is 6.61 Å². The van der Waals surface area contributed by atoms with E-state index in [9.17, 15) is 0 Å². The standard InChI is InChI=1S/C16H28N2OS/c1-13-10-16(18(3)14(2)12-20-5)7-6-15(13)11-17-8-9-19-4/h6-7,10,14,17H,8-9,11-12H2,1-5H3. The monoisotopic (exact) mass is 296 g/mol. The zero-order valence-electron chi connectivity index (χ0n) is 13.4. The molecule has 0 spiro atoms. The van der Waals surface area contributed by atoms with Crippen molar-refractivity contribution in [1.29, 1.82) is 0 Å². The number of methoxy groups -OCH3 is 1. The maximum Gasteiger partial charge on any atom is 0.0587 e. The van der Waals surface area contributed by atoms with E-state index < -0.39 is 0 Å². The highest BCUT2D eigenvalue weighted by Crippen LogP contribution is 2.21. The van der Waals surface area contributed by atoms with Gasteiger partial charge < -0.3 is 15.0 Å². The van der Waals surface area contributed by atoms with Crippen LogP contribution in [0.15, 0.2) is 18.2 Å². The summed E-state index contributed by atoms with van der Waals surface area (Å²) in [6, 6.07) is 7.28. The largest absolute Gasteiger partial charge is 0.383 e. The number of nitrogens with one attached hydrogen (secondary N) is 1. The lowest BCUT2D eigenvalue weighted by molar-refractivity contribution is 0.199. The Morgan fingerprint density at radius 2 is 2.15 bits per heavy atom. The highest BCUT2D eigenvalue weighted by atomic mass is 32.2. The van der Waals surface area contributed by atoms with Crippen molar-refractivity contribution < 1.29 is 4.74 Å². The number of rotatable bonds is 9. The van der Waals surface area contributed by atoms with Crippen molar-refractivity contribution >= 4 is 17.4 Å². The highest BCUT2D eigenvalue weighted by Gasteiger charge is 2.10. The van der Waals surface area contributed by atoms with Gasteiger partial charge in [-0.25, -0.2) is 0 Å². The molecule has 4 heteroatoms. The van der Waals surface area contributed by atoms with Crippen LogP contribution in [0.2, 0.25) is 0 Å². The van der Waals surface area contributed by atoms with Crippen LogP contribution >= 0.6 is 11.8 Å². The van der Waals surface area contributed by atoms with Crippen LogP contribution in [0.1, 0.15) is 18.1 Å². The van der Waals surface area contributed by atoms with E-state index in [4.69, 9.17) is 4.74 Å². The molecule has 0 saturated carbocycles. The van der Waals surface area contributed by atoms with Crippen LogP contribution in [0.4, 0.5) is 5.69 Å². The third kappa shape index (κ3) is 5.35. The maximum atomic E-state index is 5.04. The van der Waals surface area contributed by atoms with Crippen molar-refractivity contribution in [3.05, 3.63) is 29.3 Å². The molecule has 0 bridgehead atoms. The molecule has 0 heterocycles. The van der Waals surface area contributed by atoms with E-state index in [0.717, 1.165) is 25.4 Å². The number of hydrogen-bond acceptors (Lipinski definition) is 4. The van der Waals surface area contributed by atoms with Crippen molar-refractivity contribution in [3.8, 4) is 0 Å². The SMILES string of the molecule is COCCNCc1ccc(N(C)C(C)CSC)cc1C. The smallest absolute Gasteiger partial charge is 0.0587 e. The first-order valence-electron chi connectivity index (χ1n) is 7.11. The quantitative estimate of drug-likeness (QED) is 0.708. The van der Waals surface area contributed by atoms with Crippen LogP contribution in [-0.2, 0) is 11.3 Å². The molecule has 1 aromatic carbocycles. The Kier molecular flexibility index (Phi) is 8.04. The number of thioether (sulfide) groups is 1. The molecule has 0 aliphatic rings. The van der Waals surface area contributed by atoms with E-state index in [2.05, 4.69) is 55.6 Å². The number of hydrogen-bond donors (Lipinski definition) is 1. The first kappa shape index (κ1) is 17.3. The minimum absolute atomic E-state index is 0.551. The van der Waals surface area contributed by atoms with Crippen LogP contribution in [0.5, 0.6) is 0 Å². The molecule has 1 N–H and O–H groups in total. The van der Waals surface area contributed by atoms with E-state index in [1.807, 2.05) is 11.8 Å². The van der Waals surface area contributed by atoms with Gasteiger partial charge in [0.25, 0.3) is 0 Å². The fourth-order valence-corrected chi connectivity index (χ4v) is 2.81. The number of anilines is 1. The molecule has 114 valence electrons. The van der Waals surface area contributed by atoms with Crippen molar-refractivity contribution in [2.75, 3.05) is 44.2 Å². The average molecular weight is 296 g/mol. The molecule has 0 aromatic heterocycles. The van der Waals surface area contributed by atoms with Crippen molar-refractivity contribution in [2.24, 2.45) is 0 Å². The van der Waals surface area contributed by atoms with Gasteiger partial charge in [-0.15, -0.1) is 0 Å². The van der Waals surface area contributed by atoms with Gasteiger partial charge in [0.2, 0.25) is 0 Å². The lowest BCUT2D eigenvalue weighted by Crippen LogP contribution is -2.30. The molecule has 0 saturated heterocycles. The second-order valence-corrected chi connectivity index (χ2v) is 6.11. The summed E-state index contributed by atoms with van der Waals surface area (Å²) < 4.78 is 5.04. The molecular weight excluding hydrogens is 268 g/mol. The van der Waals surface area contributed by atoms with Gasteiger partial charge in [-0.2, -0.15) is 11.8 Å². The summed E-state index contributed by atoms with van der Waals surface area (Å²) in [5.41, 5.74) is 4.00. The molecule has 0 fully saturated rings. The number of benzene rings is 1. The van der Waals surface area contributed by atoms with Gasteiger partial charge in [0.15, 0.2) is 0 Å². The van der Waals surface area contributed by atoms with E-state index in [-0.39, 0.29) is 0 Å². The fraction of sp³-hybridized carbons (Fsp3) is 0.625. The molecular formula is C16H28N2OS. The van der Waals surface area contributed by atoms with Crippen molar-refractivity contribution in [3.63, 3.8) is 0 Å². The van der Waals surface area contributed by atoms with Crippen LogP contribution in [0, 0.1) is 6.92 Å². The molecule has 1 rings (SSSR count). The zero-order chi connectivity index (χ0) is 15.0. The Morgan fingerprint density at radius 3 is 2.75 bits per heavy atom. The van der Waals surface area contributed by atoms with Crippen molar-refractivity contribution in [2.45, 2.75) is 26.4 Å². The summed E-state index contributed by atoms with van der Waals surface area (Å²) >= 11 is 1.89. The van der Waals surface area contributed by atoms with E-state index in [1.54, 1.807) is 7.11 Å². The van der Waals surface area contributed by atoms with E-state index in [1.165, 1.54) is 16.8 Å². The summed E-state index contributed by atoms with van der Waals surface area (Å²) in [6.07, 6.45) is 2.16. The van der Waals surface area contributed by atoms with Crippen LogP contribution < -0.4 is 10.2 Å². The molecule has 0 aliphatic heterocycles. The van der Waals surface area contributed by atoms with Crippen LogP contribution in [-0.4, -0.2) is 45.4 Å². The summed E-state index contributed by atoms with van der Waals surface area (Å²) in [5, 5.41) is 3.39. The number of ether oxygens (including phenoxy) is 1. The van der Waals surface area contributed by atoms with E-state index in [0.29, 0.717) is 6.04 Å². The first-order valence-corrected chi connectivity index (χ1v) is 8.50. The minimum atomic E-state index is 0.551. The molecule has 0 radical (unpaired) electrons. The Morgan fingerprint density at radius 1 is 1.40 bits per heavy atom. The Bertz CT molecular complexity index is 398. The first-order chi connectivity index (χ1) is 9.60. The van der Waals surface area contributed by atoms with E-state index >= 15 is 0 Å². The Hall–Kier alpha value is -0.710. The maximum absolute atomic E-state index is 5.04. The molecule has 0 amide bonds. The van der Waals surface area contributed by atoms with Gasteiger partial charge in [-0.3, -0.25) is 0 Å². The fourth-order valence-electron chi connectivity index (χ4n) is 2.10.